The van der Waals surface area contributed by atoms with E-state index in [2.05, 4.69) is 55.3 Å². The number of aliphatic hydroxyl groups is 2. The van der Waals surface area contributed by atoms with Crippen LogP contribution in [-0.2, 0) is 16.8 Å². The molecular formula is C32H40N4O4S. The Morgan fingerprint density at radius 3 is 2.83 bits per heavy atom. The van der Waals surface area contributed by atoms with Crippen LogP contribution in [0.5, 0.6) is 0 Å². The molecule has 3 aromatic rings. The summed E-state index contributed by atoms with van der Waals surface area (Å²) in [4.78, 5) is 22.3. The Balaban J connectivity index is 1.14. The van der Waals surface area contributed by atoms with Gasteiger partial charge in [-0.05, 0) is 106 Å². The molecule has 7 atom stereocenters. The fourth-order valence-corrected chi connectivity index (χ4v) is 10.0. The summed E-state index contributed by atoms with van der Waals surface area (Å²) in [7, 11) is 0. The molecule has 0 aliphatic heterocycles. The number of fused-ring (bicyclic) bond motifs is 7. The molecule has 3 fully saturated rings. The van der Waals surface area contributed by atoms with Gasteiger partial charge < -0.3 is 14.6 Å². The molecule has 0 saturated heterocycles. The van der Waals surface area contributed by atoms with Crippen LogP contribution in [0.4, 0.5) is 0 Å². The van der Waals surface area contributed by atoms with Gasteiger partial charge in [0.25, 0.3) is 5.22 Å². The molecule has 7 rings (SSSR count). The van der Waals surface area contributed by atoms with Crippen molar-refractivity contribution in [3.63, 3.8) is 0 Å². The minimum atomic E-state index is -1.48. The highest BCUT2D eigenvalue weighted by atomic mass is 32.2. The minimum Gasteiger partial charge on any atom is -0.430 e. The maximum Gasteiger partial charge on any atom is 0.258 e. The highest BCUT2D eigenvalue weighted by Crippen LogP contribution is 2.67. The fraction of sp³-hybridized carbons (Fsp3) is 0.625. The van der Waals surface area contributed by atoms with Crippen LogP contribution in [-0.4, -0.2) is 53.2 Å². The SMILES string of the molecule is CC12Cc3cnn(C(C)(C)C)c3C=C1CCC1C2C(O)CC2(C)C1CC[C@]2(O)C(=O)CSc1nc2ncccc2o1. The molecule has 0 radical (unpaired) electrons. The monoisotopic (exact) mass is 576 g/mol. The Kier molecular flexibility index (Phi) is 6.01. The third-order valence-electron chi connectivity index (χ3n) is 11.1. The summed E-state index contributed by atoms with van der Waals surface area (Å²) >= 11 is 1.21. The molecule has 2 N–H and O–H groups in total. The lowest BCUT2D eigenvalue weighted by Crippen LogP contribution is -2.62. The number of hydrogen-bond acceptors (Lipinski definition) is 8. The Morgan fingerprint density at radius 2 is 2.07 bits per heavy atom. The van der Waals surface area contributed by atoms with Crippen molar-refractivity contribution in [1.29, 1.82) is 0 Å². The first-order valence-corrected chi connectivity index (χ1v) is 15.9. The van der Waals surface area contributed by atoms with Crippen LogP contribution in [0, 0.1) is 28.6 Å². The average molecular weight is 577 g/mol. The van der Waals surface area contributed by atoms with Crippen molar-refractivity contribution >= 4 is 34.9 Å². The predicted octanol–water partition coefficient (Wildman–Crippen LogP) is 5.42. The van der Waals surface area contributed by atoms with Crippen molar-refractivity contribution in [3.05, 3.63) is 41.4 Å². The zero-order valence-corrected chi connectivity index (χ0v) is 25.4. The third kappa shape index (κ3) is 3.87. The van der Waals surface area contributed by atoms with Gasteiger partial charge in [-0.1, -0.05) is 31.2 Å². The van der Waals surface area contributed by atoms with Crippen LogP contribution < -0.4 is 0 Å². The topological polar surface area (TPSA) is 114 Å². The van der Waals surface area contributed by atoms with E-state index in [9.17, 15) is 15.0 Å². The molecule has 3 aromatic heterocycles. The number of allylic oxidation sites excluding steroid dienone is 1. The first kappa shape index (κ1) is 27.3. The Labute approximate surface area is 245 Å². The van der Waals surface area contributed by atoms with E-state index in [4.69, 9.17) is 9.52 Å². The molecule has 3 saturated carbocycles. The van der Waals surface area contributed by atoms with Gasteiger partial charge in [-0.15, -0.1) is 0 Å². The number of carbonyl (C=O) groups excluding carboxylic acids is 1. The van der Waals surface area contributed by atoms with E-state index < -0.39 is 17.1 Å². The maximum absolute atomic E-state index is 13.7. The molecule has 8 nitrogen and oxygen atoms in total. The Bertz CT molecular complexity index is 1540. The van der Waals surface area contributed by atoms with Crippen LogP contribution in [0.1, 0.15) is 78.0 Å². The van der Waals surface area contributed by atoms with Gasteiger partial charge in [0.1, 0.15) is 5.60 Å². The van der Waals surface area contributed by atoms with Gasteiger partial charge in [0, 0.05) is 11.6 Å². The molecule has 4 aliphatic rings. The number of nitrogens with zero attached hydrogens (tertiary/aromatic N) is 4. The number of rotatable bonds is 4. The standard InChI is InChI=1S/C32H40N4O4S/c1-29(2,3)36-22-13-19-8-9-20-21-10-11-32(39,25(38)17-41-28-35-27-24(40-28)7-6-12-33-27)31(21,5)15-23(37)26(20)30(19,4)14-18(22)16-34-36/h6-7,12-13,16,20-21,23,26,37,39H,8-11,14-15,17H2,1-5H3/t20?,21?,23?,26?,30?,31?,32-/m0/s1. The van der Waals surface area contributed by atoms with Crippen molar-refractivity contribution in [2.24, 2.45) is 28.6 Å². The molecule has 218 valence electrons. The van der Waals surface area contributed by atoms with E-state index in [0.717, 1.165) is 25.7 Å². The zero-order valence-electron chi connectivity index (χ0n) is 24.6. The third-order valence-corrected chi connectivity index (χ3v) is 12.0. The summed E-state index contributed by atoms with van der Waals surface area (Å²) in [6, 6.07) is 3.58. The molecule has 4 aliphatic carbocycles. The lowest BCUT2D eigenvalue weighted by atomic mass is 9.45. The average Bonchev–Trinajstić information content (AvgIpc) is 3.59. The van der Waals surface area contributed by atoms with Crippen LogP contribution in [0.3, 0.4) is 0 Å². The minimum absolute atomic E-state index is 0.0704. The summed E-state index contributed by atoms with van der Waals surface area (Å²) in [6.07, 6.45) is 9.89. The molecule has 0 amide bonds. The Hall–Kier alpha value is -2.49. The van der Waals surface area contributed by atoms with Crippen LogP contribution >= 0.6 is 11.8 Å². The highest BCUT2D eigenvalue weighted by Gasteiger charge is 2.68. The normalized spacial score (nSPS) is 36.3. The van der Waals surface area contributed by atoms with Crippen molar-refractivity contribution in [1.82, 2.24) is 19.7 Å². The van der Waals surface area contributed by atoms with Gasteiger partial charge in [0.05, 0.1) is 29.3 Å². The van der Waals surface area contributed by atoms with Crippen molar-refractivity contribution in [2.45, 2.75) is 95.6 Å². The van der Waals surface area contributed by atoms with E-state index in [1.165, 1.54) is 28.6 Å². The number of aromatic nitrogens is 4. The molecule has 9 heteroatoms. The van der Waals surface area contributed by atoms with E-state index in [1.54, 1.807) is 18.3 Å². The van der Waals surface area contributed by atoms with E-state index in [0.29, 0.717) is 29.3 Å². The molecule has 0 spiro atoms. The quantitative estimate of drug-likeness (QED) is 0.396. The summed E-state index contributed by atoms with van der Waals surface area (Å²) in [5.41, 5.74) is 2.53. The van der Waals surface area contributed by atoms with Gasteiger partial charge in [0.2, 0.25) is 0 Å². The smallest absolute Gasteiger partial charge is 0.258 e. The highest BCUT2D eigenvalue weighted by molar-refractivity contribution is 7.99. The van der Waals surface area contributed by atoms with Crippen LogP contribution in [0.25, 0.3) is 17.3 Å². The van der Waals surface area contributed by atoms with Crippen molar-refractivity contribution in [3.8, 4) is 0 Å². The second-order valence-corrected chi connectivity index (χ2v) is 15.3. The largest absolute Gasteiger partial charge is 0.430 e. The Morgan fingerprint density at radius 1 is 1.27 bits per heavy atom. The number of hydrogen-bond donors (Lipinski definition) is 2. The van der Waals surface area contributed by atoms with E-state index >= 15 is 0 Å². The van der Waals surface area contributed by atoms with E-state index in [1.807, 2.05) is 6.20 Å². The zero-order chi connectivity index (χ0) is 28.9. The number of ketones is 1. The molecule has 41 heavy (non-hydrogen) atoms. The van der Waals surface area contributed by atoms with Gasteiger partial charge in [-0.3, -0.25) is 9.48 Å². The first-order chi connectivity index (χ1) is 19.3. The lowest BCUT2D eigenvalue weighted by molar-refractivity contribution is -0.177. The molecular weight excluding hydrogens is 536 g/mol. The lowest BCUT2D eigenvalue weighted by Gasteiger charge is -2.60. The van der Waals surface area contributed by atoms with Crippen LogP contribution in [0.2, 0.25) is 0 Å². The number of carbonyl (C=O) groups is 1. The number of Topliss-reactive ketones (excluding diaryl/α,β-unsaturated/α-hetero) is 1. The molecule has 3 heterocycles. The molecule has 0 bridgehead atoms. The van der Waals surface area contributed by atoms with Gasteiger partial charge in [-0.2, -0.15) is 10.1 Å². The fourth-order valence-electron chi connectivity index (χ4n) is 9.24. The van der Waals surface area contributed by atoms with E-state index in [-0.39, 0.29) is 40.2 Å². The maximum atomic E-state index is 13.7. The molecule has 6 unspecified atom stereocenters. The van der Waals surface area contributed by atoms with Crippen molar-refractivity contribution in [2.75, 3.05) is 5.75 Å². The summed E-state index contributed by atoms with van der Waals surface area (Å²) in [6.45, 7) is 10.9. The summed E-state index contributed by atoms with van der Waals surface area (Å²) in [5.74, 6) is 0.392. The number of pyridine rings is 1. The summed E-state index contributed by atoms with van der Waals surface area (Å²) < 4.78 is 7.88. The van der Waals surface area contributed by atoms with Gasteiger partial charge in [-0.25, -0.2) is 4.98 Å². The van der Waals surface area contributed by atoms with Gasteiger partial charge in [0.15, 0.2) is 17.0 Å². The first-order valence-electron chi connectivity index (χ1n) is 14.9. The second kappa shape index (κ2) is 9.01. The number of oxazole rings is 1. The summed E-state index contributed by atoms with van der Waals surface area (Å²) in [5, 5.41) is 29.1. The van der Waals surface area contributed by atoms with Gasteiger partial charge >= 0.3 is 0 Å². The second-order valence-electron chi connectivity index (χ2n) is 14.3. The molecule has 0 aromatic carbocycles. The van der Waals surface area contributed by atoms with Crippen LogP contribution in [0.15, 0.2) is 39.7 Å². The van der Waals surface area contributed by atoms with Crippen molar-refractivity contribution < 1.29 is 19.4 Å². The number of thioether (sulfide) groups is 1. The number of aliphatic hydroxyl groups excluding tert-OH is 1. The predicted molar refractivity (Wildman–Crippen MR) is 157 cm³/mol.